The van der Waals surface area contributed by atoms with Crippen LogP contribution in [0.25, 0.3) is 0 Å². The van der Waals surface area contributed by atoms with Gasteiger partial charge in [-0.3, -0.25) is 0 Å². The monoisotopic (exact) mass is 430 g/mol. The van der Waals surface area contributed by atoms with Crippen LogP contribution in [0, 0.1) is 22.7 Å². The van der Waals surface area contributed by atoms with E-state index in [4.69, 9.17) is 9.47 Å². The van der Waals surface area contributed by atoms with Crippen LogP contribution in [-0.4, -0.2) is 18.7 Å². The highest BCUT2D eigenvalue weighted by atomic mass is 16.6. The van der Waals surface area contributed by atoms with E-state index in [1.807, 2.05) is 32.1 Å². The van der Waals surface area contributed by atoms with Crippen LogP contribution in [0.15, 0.2) is 48.3 Å². The molecule has 31 heavy (non-hydrogen) atoms. The average molecular weight is 431 g/mol. The van der Waals surface area contributed by atoms with Gasteiger partial charge in [0.05, 0.1) is 0 Å². The van der Waals surface area contributed by atoms with Crippen LogP contribution < -0.4 is 0 Å². The van der Waals surface area contributed by atoms with Gasteiger partial charge in [0.25, 0.3) is 0 Å². The largest absolute Gasteiger partial charge is 0.482 e. The Bertz CT molecular complexity index is 673. The highest BCUT2D eigenvalue weighted by Gasteiger charge is 2.32. The summed E-state index contributed by atoms with van der Waals surface area (Å²) in [5, 5.41) is 0. The third-order valence-electron chi connectivity index (χ3n) is 6.43. The fraction of sp³-hybridized carbons (Fsp3) is 0.679. The van der Waals surface area contributed by atoms with Gasteiger partial charge in [-0.15, -0.1) is 0 Å². The summed E-state index contributed by atoms with van der Waals surface area (Å²) in [4.78, 5) is 12.2. The minimum atomic E-state index is -0.323. The zero-order valence-electron chi connectivity index (χ0n) is 21.3. The van der Waals surface area contributed by atoms with Crippen LogP contribution in [0.4, 0.5) is 0 Å². The Morgan fingerprint density at radius 2 is 1.90 bits per heavy atom. The number of ether oxygens (including phenoxy) is 2. The van der Waals surface area contributed by atoms with Crippen LogP contribution in [0.1, 0.15) is 87.5 Å². The molecule has 0 aromatic rings. The smallest absolute Gasteiger partial charge is 0.344 e. The molecule has 0 aromatic carbocycles. The summed E-state index contributed by atoms with van der Waals surface area (Å²) in [7, 11) is 0. The minimum Gasteiger partial charge on any atom is -0.482 e. The Kier molecular flexibility index (Phi) is 10.8. The minimum absolute atomic E-state index is 0.0802. The van der Waals surface area contributed by atoms with Gasteiger partial charge >= 0.3 is 5.97 Å². The van der Waals surface area contributed by atoms with Gasteiger partial charge in [0.15, 0.2) is 6.61 Å². The zero-order chi connectivity index (χ0) is 23.7. The van der Waals surface area contributed by atoms with Gasteiger partial charge < -0.3 is 9.47 Å². The standard InChI is InChI=1S/C28H46O3/c1-10-24(30-20-26(29)31-22(4)23-15-13-12-14-16-23)18-17-21(3)25(19-27(5,6)7)28(8,9)11-2/h10,13,15,17-18,22-23,25H,3,11-12,14,16,19-20H2,1-2,4-9H3. The van der Waals surface area contributed by atoms with Crippen LogP contribution >= 0.6 is 0 Å². The van der Waals surface area contributed by atoms with Crippen LogP contribution in [-0.2, 0) is 14.3 Å². The number of allylic oxidation sites excluding steroid dienone is 5. The van der Waals surface area contributed by atoms with Crippen molar-refractivity contribution in [1.29, 1.82) is 0 Å². The molecule has 3 atom stereocenters. The number of rotatable bonds is 11. The number of hydrogen-bond acceptors (Lipinski definition) is 3. The Morgan fingerprint density at radius 1 is 1.23 bits per heavy atom. The maximum atomic E-state index is 12.2. The van der Waals surface area contributed by atoms with Gasteiger partial charge in [0, 0.05) is 5.92 Å². The molecule has 0 aromatic heterocycles. The van der Waals surface area contributed by atoms with Gasteiger partial charge in [0.1, 0.15) is 11.9 Å². The molecule has 0 heterocycles. The highest BCUT2D eigenvalue weighted by molar-refractivity contribution is 5.71. The molecule has 3 nitrogen and oxygen atoms in total. The van der Waals surface area contributed by atoms with Gasteiger partial charge in [-0.25, -0.2) is 4.79 Å². The van der Waals surface area contributed by atoms with Crippen molar-refractivity contribution in [2.75, 3.05) is 6.61 Å². The first-order valence-electron chi connectivity index (χ1n) is 11.9. The van der Waals surface area contributed by atoms with Crippen molar-refractivity contribution < 1.29 is 14.3 Å². The normalized spacial score (nSPS) is 19.9. The van der Waals surface area contributed by atoms with Gasteiger partial charge in [0.2, 0.25) is 0 Å². The van der Waals surface area contributed by atoms with Gasteiger partial charge in [-0.05, 0) is 68.4 Å². The van der Waals surface area contributed by atoms with Crippen molar-refractivity contribution >= 4 is 5.97 Å². The summed E-state index contributed by atoms with van der Waals surface area (Å²) < 4.78 is 11.3. The lowest BCUT2D eigenvalue weighted by Gasteiger charge is -2.38. The Balaban J connectivity index is 2.67. The SMILES string of the molecule is C=C(C=CC(=CC)OCC(=O)OC(C)C1C=CCCC1)C(CC(C)(C)C)C(C)(C)CC. The van der Waals surface area contributed by atoms with Crippen molar-refractivity contribution in [3.05, 3.63) is 48.3 Å². The van der Waals surface area contributed by atoms with Crippen molar-refractivity contribution in [2.24, 2.45) is 22.7 Å². The lowest BCUT2D eigenvalue weighted by atomic mass is 9.67. The van der Waals surface area contributed by atoms with E-state index in [0.717, 1.165) is 37.7 Å². The predicted molar refractivity (Wildman–Crippen MR) is 132 cm³/mol. The highest BCUT2D eigenvalue weighted by Crippen LogP contribution is 2.42. The first-order chi connectivity index (χ1) is 14.4. The summed E-state index contributed by atoms with van der Waals surface area (Å²) in [5.41, 5.74) is 1.49. The zero-order valence-corrected chi connectivity index (χ0v) is 21.3. The number of carbonyl (C=O) groups excluding carboxylic acids is 1. The maximum Gasteiger partial charge on any atom is 0.344 e. The molecule has 0 spiro atoms. The molecule has 1 rings (SSSR count). The molecule has 0 bridgehead atoms. The van der Waals surface area contributed by atoms with E-state index >= 15 is 0 Å². The average Bonchev–Trinajstić information content (AvgIpc) is 2.71. The maximum absolute atomic E-state index is 12.2. The second-order valence-electron chi connectivity index (χ2n) is 10.8. The molecule has 1 aliphatic rings. The van der Waals surface area contributed by atoms with E-state index in [0.29, 0.717) is 17.6 Å². The second kappa shape index (κ2) is 12.3. The van der Waals surface area contributed by atoms with Gasteiger partial charge in [-0.2, -0.15) is 0 Å². The van der Waals surface area contributed by atoms with E-state index in [-0.39, 0.29) is 29.5 Å². The van der Waals surface area contributed by atoms with E-state index < -0.39 is 0 Å². The molecule has 0 N–H and O–H groups in total. The van der Waals surface area contributed by atoms with Crippen molar-refractivity contribution in [3.63, 3.8) is 0 Å². The van der Waals surface area contributed by atoms with Gasteiger partial charge in [-0.1, -0.05) is 78.3 Å². The Morgan fingerprint density at radius 3 is 2.42 bits per heavy atom. The van der Waals surface area contributed by atoms with E-state index in [1.54, 1.807) is 0 Å². The third-order valence-corrected chi connectivity index (χ3v) is 6.43. The van der Waals surface area contributed by atoms with Crippen LogP contribution in [0.3, 0.4) is 0 Å². The molecule has 1 aliphatic carbocycles. The fourth-order valence-electron chi connectivity index (χ4n) is 4.00. The molecule has 0 radical (unpaired) electrons. The molecule has 0 aliphatic heterocycles. The van der Waals surface area contributed by atoms with E-state index in [1.165, 1.54) is 0 Å². The number of esters is 1. The van der Waals surface area contributed by atoms with E-state index in [2.05, 4.69) is 60.3 Å². The quantitative estimate of drug-likeness (QED) is 0.145. The molecular formula is C28H46O3. The lowest BCUT2D eigenvalue weighted by Crippen LogP contribution is -2.28. The number of hydrogen-bond donors (Lipinski definition) is 0. The van der Waals surface area contributed by atoms with Crippen LogP contribution in [0.2, 0.25) is 0 Å². The Hall–Kier alpha value is -1.77. The number of carbonyl (C=O) groups is 1. The molecule has 0 saturated heterocycles. The van der Waals surface area contributed by atoms with Crippen molar-refractivity contribution in [3.8, 4) is 0 Å². The summed E-state index contributed by atoms with van der Waals surface area (Å²) in [6.07, 6.45) is 15.6. The summed E-state index contributed by atoms with van der Waals surface area (Å²) >= 11 is 0. The van der Waals surface area contributed by atoms with Crippen molar-refractivity contribution in [2.45, 2.75) is 93.6 Å². The topological polar surface area (TPSA) is 35.5 Å². The summed E-state index contributed by atoms with van der Waals surface area (Å²) in [5.74, 6) is 1.02. The molecule has 176 valence electrons. The molecule has 3 unspecified atom stereocenters. The lowest BCUT2D eigenvalue weighted by molar-refractivity contribution is -0.154. The summed E-state index contributed by atoms with van der Waals surface area (Å²) in [6, 6.07) is 0. The molecule has 0 amide bonds. The Labute approximate surface area is 191 Å². The third kappa shape index (κ3) is 9.93. The second-order valence-corrected chi connectivity index (χ2v) is 10.8. The first-order valence-corrected chi connectivity index (χ1v) is 11.9. The molecular weight excluding hydrogens is 384 g/mol. The van der Waals surface area contributed by atoms with Crippen LogP contribution in [0.5, 0.6) is 0 Å². The molecule has 0 saturated carbocycles. The van der Waals surface area contributed by atoms with Crippen molar-refractivity contribution in [1.82, 2.24) is 0 Å². The summed E-state index contributed by atoms with van der Waals surface area (Å²) in [6.45, 7) is 21.9. The molecule has 0 fully saturated rings. The predicted octanol–water partition coefficient (Wildman–Crippen LogP) is 7.80. The first kappa shape index (κ1) is 27.3. The molecule has 3 heteroatoms. The van der Waals surface area contributed by atoms with E-state index in [9.17, 15) is 4.79 Å². The fourth-order valence-corrected chi connectivity index (χ4v) is 4.00.